The van der Waals surface area contributed by atoms with Crippen molar-refractivity contribution in [2.45, 2.75) is 12.8 Å². The van der Waals surface area contributed by atoms with Crippen molar-refractivity contribution >= 4 is 62.6 Å². The highest BCUT2D eigenvalue weighted by atomic mass is 35.5. The molecule has 1 amide bonds. The average Bonchev–Trinajstić information content (AvgIpc) is 3.52. The number of hydrogen-bond donors (Lipinski definition) is 1. The molecule has 2 fully saturated rings. The zero-order valence-corrected chi connectivity index (χ0v) is 22.1. The van der Waals surface area contributed by atoms with Gasteiger partial charge in [0.15, 0.2) is 5.65 Å². The summed E-state index contributed by atoms with van der Waals surface area (Å²) in [6.07, 6.45) is 2.36. The molecular formula is C26H28Cl2N6O3. The molecule has 11 heteroatoms. The first-order valence-electron chi connectivity index (χ1n) is 12.6. The maximum atomic E-state index is 13.8. The van der Waals surface area contributed by atoms with Crippen molar-refractivity contribution in [3.63, 3.8) is 0 Å². The van der Waals surface area contributed by atoms with Crippen LogP contribution in [0.3, 0.4) is 0 Å². The fourth-order valence-corrected chi connectivity index (χ4v) is 5.78. The minimum atomic E-state index is -0.399. The molecule has 2 aliphatic rings. The Hall–Kier alpha value is -2.85. The minimum Gasteiger partial charge on any atom is -0.378 e. The van der Waals surface area contributed by atoms with Gasteiger partial charge in [0.1, 0.15) is 17.0 Å². The van der Waals surface area contributed by atoms with Crippen LogP contribution in [-0.4, -0.2) is 77.2 Å². The highest BCUT2D eigenvalue weighted by molar-refractivity contribution is 6.42. The molecule has 0 saturated carbocycles. The highest BCUT2D eigenvalue weighted by Crippen LogP contribution is 2.32. The number of halogens is 2. The van der Waals surface area contributed by atoms with Crippen LogP contribution in [-0.2, 0) is 11.8 Å². The Kier molecular flexibility index (Phi) is 6.48. The number of aryl methyl sites for hydroxylation is 1. The van der Waals surface area contributed by atoms with E-state index in [4.69, 9.17) is 32.9 Å². The van der Waals surface area contributed by atoms with Crippen molar-refractivity contribution in [3.8, 4) is 0 Å². The zero-order chi connectivity index (χ0) is 25.7. The zero-order valence-electron chi connectivity index (χ0n) is 20.6. The Morgan fingerprint density at radius 2 is 1.76 bits per heavy atom. The summed E-state index contributed by atoms with van der Waals surface area (Å²) in [5.41, 5.74) is 2.12. The summed E-state index contributed by atoms with van der Waals surface area (Å²) in [5.74, 6) is 0.354. The monoisotopic (exact) mass is 542 g/mol. The number of rotatable bonds is 5. The van der Waals surface area contributed by atoms with E-state index in [0.717, 1.165) is 36.5 Å². The lowest BCUT2D eigenvalue weighted by molar-refractivity contribution is 0.0950. The van der Waals surface area contributed by atoms with Crippen LogP contribution >= 0.6 is 23.2 Å². The van der Waals surface area contributed by atoms with E-state index in [1.54, 1.807) is 18.2 Å². The molecule has 3 aromatic heterocycles. The SMILES string of the molecule is Cn1c2cc(Cl)c(Cl)cc2n2c3nc(N4CCOCC4)ccc3c(=O)c(C(=O)NCCN3CCCC3)c12. The molecule has 0 bridgehead atoms. The van der Waals surface area contributed by atoms with E-state index in [1.165, 1.54) is 12.8 Å². The molecule has 0 spiro atoms. The first kappa shape index (κ1) is 24.5. The third-order valence-corrected chi connectivity index (χ3v) is 8.11. The summed E-state index contributed by atoms with van der Waals surface area (Å²) in [4.78, 5) is 36.7. The quantitative estimate of drug-likeness (QED) is 0.416. The van der Waals surface area contributed by atoms with Gasteiger partial charge in [-0.15, -0.1) is 0 Å². The van der Waals surface area contributed by atoms with Gasteiger partial charge in [0.2, 0.25) is 5.43 Å². The van der Waals surface area contributed by atoms with Crippen LogP contribution in [0, 0.1) is 0 Å². The van der Waals surface area contributed by atoms with Crippen LogP contribution < -0.4 is 15.6 Å². The molecule has 6 rings (SSSR count). The van der Waals surface area contributed by atoms with Crippen LogP contribution in [0.1, 0.15) is 23.2 Å². The molecule has 0 aliphatic carbocycles. The molecule has 37 heavy (non-hydrogen) atoms. The Morgan fingerprint density at radius 3 is 2.49 bits per heavy atom. The Bertz CT molecular complexity index is 1590. The van der Waals surface area contributed by atoms with Gasteiger partial charge in [-0.1, -0.05) is 23.2 Å². The molecule has 4 aromatic rings. The van der Waals surface area contributed by atoms with E-state index in [-0.39, 0.29) is 11.0 Å². The molecule has 2 saturated heterocycles. The fourth-order valence-electron chi connectivity index (χ4n) is 5.46. The number of aromatic nitrogens is 3. The van der Waals surface area contributed by atoms with Crippen LogP contribution in [0.25, 0.3) is 27.7 Å². The van der Waals surface area contributed by atoms with Crippen LogP contribution in [0.4, 0.5) is 5.82 Å². The molecular weight excluding hydrogens is 515 g/mol. The van der Waals surface area contributed by atoms with Crippen molar-refractivity contribution < 1.29 is 9.53 Å². The van der Waals surface area contributed by atoms with Crippen molar-refractivity contribution in [1.29, 1.82) is 0 Å². The van der Waals surface area contributed by atoms with Crippen molar-refractivity contribution in [2.24, 2.45) is 7.05 Å². The highest BCUT2D eigenvalue weighted by Gasteiger charge is 2.26. The number of benzene rings is 1. The first-order chi connectivity index (χ1) is 17.9. The standard InChI is InChI=1S/C26H28Cl2N6O3/c1-31-19-14-17(27)18(28)15-20(19)34-24-16(4-5-21(30-24)33-10-12-37-13-11-33)23(35)22(26(31)34)25(36)29-6-9-32-7-2-3-8-32/h4-5,14-15H,2-3,6-13H2,1H3,(H,29,36). The lowest BCUT2D eigenvalue weighted by Gasteiger charge is -2.28. The minimum absolute atomic E-state index is 0.0841. The van der Waals surface area contributed by atoms with Gasteiger partial charge in [-0.25, -0.2) is 4.98 Å². The molecule has 0 unspecified atom stereocenters. The van der Waals surface area contributed by atoms with E-state index in [0.29, 0.717) is 59.6 Å². The third kappa shape index (κ3) is 4.24. The fraction of sp³-hybridized carbons (Fsp3) is 0.423. The summed E-state index contributed by atoms with van der Waals surface area (Å²) in [6.45, 7) is 5.98. The number of morpholine rings is 1. The number of amides is 1. The molecule has 1 aromatic carbocycles. The smallest absolute Gasteiger partial charge is 0.259 e. The van der Waals surface area contributed by atoms with Crippen molar-refractivity contribution in [1.82, 2.24) is 24.2 Å². The predicted octanol–water partition coefficient (Wildman–Crippen LogP) is 3.31. The third-order valence-electron chi connectivity index (χ3n) is 7.39. The maximum absolute atomic E-state index is 13.8. The van der Waals surface area contributed by atoms with Gasteiger partial charge < -0.3 is 24.4 Å². The molecule has 2 aliphatic heterocycles. The number of anilines is 1. The van der Waals surface area contributed by atoms with Crippen LogP contribution in [0.2, 0.25) is 10.0 Å². The second-order valence-corrected chi connectivity index (χ2v) is 10.4. The largest absolute Gasteiger partial charge is 0.378 e. The Labute approximate surface area is 223 Å². The number of hydrogen-bond acceptors (Lipinski definition) is 6. The van der Waals surface area contributed by atoms with Gasteiger partial charge in [-0.3, -0.25) is 14.0 Å². The van der Waals surface area contributed by atoms with E-state index in [1.807, 2.05) is 22.1 Å². The van der Waals surface area contributed by atoms with E-state index in [9.17, 15) is 9.59 Å². The normalized spacial score (nSPS) is 16.9. The summed E-state index contributed by atoms with van der Waals surface area (Å²) >= 11 is 12.8. The summed E-state index contributed by atoms with van der Waals surface area (Å²) in [6, 6.07) is 7.11. The van der Waals surface area contributed by atoms with Crippen molar-refractivity contribution in [2.75, 3.05) is 57.4 Å². The Balaban J connectivity index is 1.55. The number of likely N-dealkylation sites (tertiary alicyclic amines) is 1. The molecule has 1 N–H and O–H groups in total. The second kappa shape index (κ2) is 9.79. The second-order valence-electron chi connectivity index (χ2n) is 9.62. The van der Waals surface area contributed by atoms with E-state index in [2.05, 4.69) is 15.1 Å². The van der Waals surface area contributed by atoms with Crippen LogP contribution in [0.15, 0.2) is 29.1 Å². The van der Waals surface area contributed by atoms with Crippen LogP contribution in [0.5, 0.6) is 0 Å². The molecule has 9 nitrogen and oxygen atoms in total. The van der Waals surface area contributed by atoms with Gasteiger partial charge in [-0.05, 0) is 50.2 Å². The summed E-state index contributed by atoms with van der Waals surface area (Å²) in [5, 5.41) is 4.13. The van der Waals surface area contributed by atoms with E-state index >= 15 is 0 Å². The maximum Gasteiger partial charge on any atom is 0.259 e. The van der Waals surface area contributed by atoms with Gasteiger partial charge in [0.25, 0.3) is 5.91 Å². The average molecular weight is 543 g/mol. The van der Waals surface area contributed by atoms with E-state index < -0.39 is 5.91 Å². The lowest BCUT2D eigenvalue weighted by Crippen LogP contribution is -2.37. The predicted molar refractivity (Wildman–Crippen MR) is 147 cm³/mol. The number of pyridine rings is 2. The van der Waals surface area contributed by atoms with Gasteiger partial charge >= 0.3 is 0 Å². The van der Waals surface area contributed by atoms with Gasteiger partial charge in [0.05, 0.1) is 39.7 Å². The molecule has 0 radical (unpaired) electrons. The number of imidazole rings is 1. The lowest BCUT2D eigenvalue weighted by atomic mass is 10.1. The number of nitrogens with one attached hydrogen (secondary N) is 1. The Morgan fingerprint density at radius 1 is 1.05 bits per heavy atom. The number of ether oxygens (including phenoxy) is 1. The molecule has 5 heterocycles. The molecule has 0 atom stereocenters. The van der Waals surface area contributed by atoms with Crippen molar-refractivity contribution in [3.05, 3.63) is 50.1 Å². The molecule has 194 valence electrons. The number of fused-ring (bicyclic) bond motifs is 5. The topological polar surface area (TPSA) is 84.1 Å². The first-order valence-corrected chi connectivity index (χ1v) is 13.4. The number of carbonyl (C=O) groups excluding carboxylic acids is 1. The van der Waals surface area contributed by atoms with Gasteiger partial charge in [0, 0.05) is 33.2 Å². The summed E-state index contributed by atoms with van der Waals surface area (Å²) < 4.78 is 9.16. The summed E-state index contributed by atoms with van der Waals surface area (Å²) in [7, 11) is 1.82. The number of nitrogens with zero attached hydrogens (tertiary/aromatic N) is 5. The number of carbonyl (C=O) groups is 1. The van der Waals surface area contributed by atoms with Gasteiger partial charge in [-0.2, -0.15) is 0 Å².